The first kappa shape index (κ1) is 18.2. The third kappa shape index (κ3) is 5.46. The monoisotopic (exact) mass is 317 g/mol. The second kappa shape index (κ2) is 8.57. The van der Waals surface area contributed by atoms with Gasteiger partial charge in [-0.05, 0) is 31.9 Å². The number of hydrogen-bond donors (Lipinski definition) is 4. The van der Waals surface area contributed by atoms with Crippen molar-refractivity contribution in [3.8, 4) is 0 Å². The second-order valence-corrected chi connectivity index (χ2v) is 5.16. The SMILES string of the molecule is C=C(NC(=O)c1cnc(/C=C\C)[nH]1)/C(C)=C\CC(C)/C(N)=N/O. The maximum atomic E-state index is 12.1. The lowest BCUT2D eigenvalue weighted by atomic mass is 10.0. The molecule has 1 aromatic heterocycles. The van der Waals surface area contributed by atoms with Crippen LogP contribution in [-0.2, 0) is 0 Å². The number of allylic oxidation sites excluding steroid dienone is 3. The quantitative estimate of drug-likeness (QED) is 0.203. The van der Waals surface area contributed by atoms with Gasteiger partial charge in [0.1, 0.15) is 17.4 Å². The lowest BCUT2D eigenvalue weighted by molar-refractivity contribution is 0.0962. The fourth-order valence-corrected chi connectivity index (χ4v) is 1.69. The predicted molar refractivity (Wildman–Crippen MR) is 90.8 cm³/mol. The molecule has 0 aliphatic carbocycles. The molecule has 0 bridgehead atoms. The van der Waals surface area contributed by atoms with Crippen LogP contribution < -0.4 is 11.1 Å². The van der Waals surface area contributed by atoms with Crippen LogP contribution in [0.4, 0.5) is 0 Å². The molecule has 0 aliphatic rings. The number of carbonyl (C=O) groups excluding carboxylic acids is 1. The van der Waals surface area contributed by atoms with Gasteiger partial charge in [-0.1, -0.05) is 30.8 Å². The molecule has 1 amide bonds. The number of nitrogens with two attached hydrogens (primary N) is 1. The van der Waals surface area contributed by atoms with Crippen LogP contribution in [0.25, 0.3) is 6.08 Å². The van der Waals surface area contributed by atoms with E-state index in [1.807, 2.05) is 32.9 Å². The topological polar surface area (TPSA) is 116 Å². The van der Waals surface area contributed by atoms with Crippen molar-refractivity contribution in [2.45, 2.75) is 27.2 Å². The highest BCUT2D eigenvalue weighted by Crippen LogP contribution is 2.11. The highest BCUT2D eigenvalue weighted by Gasteiger charge is 2.11. The van der Waals surface area contributed by atoms with Crippen LogP contribution in [0.3, 0.4) is 0 Å². The van der Waals surface area contributed by atoms with Gasteiger partial charge in [-0.3, -0.25) is 4.79 Å². The van der Waals surface area contributed by atoms with Crippen LogP contribution in [0.15, 0.2) is 41.4 Å². The number of amides is 1. The minimum Gasteiger partial charge on any atom is -0.409 e. The molecule has 0 saturated heterocycles. The Morgan fingerprint density at radius 1 is 1.65 bits per heavy atom. The molecule has 1 rings (SSSR count). The van der Waals surface area contributed by atoms with Crippen molar-refractivity contribution in [1.29, 1.82) is 0 Å². The molecule has 1 unspecified atom stereocenters. The van der Waals surface area contributed by atoms with Gasteiger partial charge in [-0.15, -0.1) is 0 Å². The smallest absolute Gasteiger partial charge is 0.273 e. The fourth-order valence-electron chi connectivity index (χ4n) is 1.69. The van der Waals surface area contributed by atoms with Crippen molar-refractivity contribution in [1.82, 2.24) is 15.3 Å². The molecule has 0 radical (unpaired) electrons. The van der Waals surface area contributed by atoms with E-state index in [4.69, 9.17) is 10.9 Å². The standard InChI is InChI=1S/C16H23N5O2/c1-5-6-14-18-9-13(20-14)16(22)19-12(4)10(2)7-8-11(3)15(17)21-23/h5-7,9,11,23H,4,8H2,1-3H3,(H2,17,21)(H,18,20)(H,19,22)/b6-5-,10-7-. The zero-order chi connectivity index (χ0) is 17.4. The molecule has 0 saturated carbocycles. The van der Waals surface area contributed by atoms with Crippen molar-refractivity contribution in [3.05, 3.63) is 47.7 Å². The Morgan fingerprint density at radius 2 is 2.35 bits per heavy atom. The van der Waals surface area contributed by atoms with Gasteiger partial charge in [0.2, 0.25) is 0 Å². The highest BCUT2D eigenvalue weighted by atomic mass is 16.4. The number of oxime groups is 1. The third-order valence-electron chi connectivity index (χ3n) is 3.30. The van der Waals surface area contributed by atoms with Gasteiger partial charge in [-0.25, -0.2) is 4.98 Å². The molecular weight excluding hydrogens is 294 g/mol. The van der Waals surface area contributed by atoms with Crippen molar-refractivity contribution in [2.75, 3.05) is 0 Å². The Balaban J connectivity index is 2.64. The molecule has 1 aromatic rings. The molecule has 0 fully saturated rings. The Hall–Kier alpha value is -2.83. The van der Waals surface area contributed by atoms with E-state index >= 15 is 0 Å². The average molecular weight is 317 g/mol. The van der Waals surface area contributed by atoms with E-state index in [1.54, 1.807) is 6.08 Å². The lowest BCUT2D eigenvalue weighted by Gasteiger charge is -2.10. The first-order valence-corrected chi connectivity index (χ1v) is 7.21. The number of carbonyl (C=O) groups is 1. The van der Waals surface area contributed by atoms with Gasteiger partial charge < -0.3 is 21.2 Å². The summed E-state index contributed by atoms with van der Waals surface area (Å²) >= 11 is 0. The number of amidine groups is 1. The summed E-state index contributed by atoms with van der Waals surface area (Å²) < 4.78 is 0. The first-order valence-electron chi connectivity index (χ1n) is 7.21. The van der Waals surface area contributed by atoms with E-state index in [2.05, 4.69) is 27.0 Å². The molecule has 0 aliphatic heterocycles. The van der Waals surface area contributed by atoms with Crippen LogP contribution in [0.1, 0.15) is 43.5 Å². The molecule has 0 aromatic carbocycles. The number of aromatic nitrogens is 2. The van der Waals surface area contributed by atoms with Gasteiger partial charge >= 0.3 is 0 Å². The van der Waals surface area contributed by atoms with E-state index in [0.29, 0.717) is 23.6 Å². The molecule has 1 heterocycles. The molecule has 23 heavy (non-hydrogen) atoms. The summed E-state index contributed by atoms with van der Waals surface area (Å²) in [4.78, 5) is 19.1. The fraction of sp³-hybridized carbons (Fsp3) is 0.312. The van der Waals surface area contributed by atoms with Crippen molar-refractivity contribution >= 4 is 17.8 Å². The molecule has 0 spiro atoms. The van der Waals surface area contributed by atoms with Crippen LogP contribution in [-0.4, -0.2) is 26.9 Å². The summed E-state index contributed by atoms with van der Waals surface area (Å²) in [6.45, 7) is 9.39. The van der Waals surface area contributed by atoms with Gasteiger partial charge in [0, 0.05) is 11.6 Å². The minimum absolute atomic E-state index is 0.102. The van der Waals surface area contributed by atoms with Gasteiger partial charge in [0.15, 0.2) is 0 Å². The third-order valence-corrected chi connectivity index (χ3v) is 3.30. The van der Waals surface area contributed by atoms with E-state index in [9.17, 15) is 4.79 Å². The number of nitrogens with zero attached hydrogens (tertiary/aromatic N) is 2. The number of H-pyrrole nitrogens is 1. The molecule has 1 atom stereocenters. The Bertz CT molecular complexity index is 655. The molecule has 7 heteroatoms. The number of aromatic amines is 1. The van der Waals surface area contributed by atoms with Crippen molar-refractivity contribution < 1.29 is 10.0 Å². The zero-order valence-electron chi connectivity index (χ0n) is 13.6. The number of hydrogen-bond acceptors (Lipinski definition) is 4. The summed E-state index contributed by atoms with van der Waals surface area (Å²) in [7, 11) is 0. The summed E-state index contributed by atoms with van der Waals surface area (Å²) in [5, 5.41) is 14.3. The van der Waals surface area contributed by atoms with E-state index in [0.717, 1.165) is 5.57 Å². The Kier molecular flexibility index (Phi) is 6.79. The summed E-state index contributed by atoms with van der Waals surface area (Å²) in [6, 6.07) is 0. The van der Waals surface area contributed by atoms with E-state index in [-0.39, 0.29) is 17.7 Å². The van der Waals surface area contributed by atoms with Crippen LogP contribution >= 0.6 is 0 Å². The predicted octanol–water partition coefficient (Wildman–Crippen LogP) is 2.41. The van der Waals surface area contributed by atoms with Crippen molar-refractivity contribution in [2.24, 2.45) is 16.8 Å². The summed E-state index contributed by atoms with van der Waals surface area (Å²) in [6.07, 6.45) is 7.52. The first-order chi connectivity index (χ1) is 10.9. The minimum atomic E-state index is -0.310. The van der Waals surface area contributed by atoms with Gasteiger partial charge in [0.25, 0.3) is 5.91 Å². The number of nitrogens with one attached hydrogen (secondary N) is 2. The van der Waals surface area contributed by atoms with Gasteiger partial charge in [0.05, 0.1) is 6.20 Å². The zero-order valence-corrected chi connectivity index (χ0v) is 13.6. The molecule has 5 N–H and O–H groups in total. The largest absolute Gasteiger partial charge is 0.409 e. The maximum absolute atomic E-state index is 12.1. The van der Waals surface area contributed by atoms with Crippen LogP contribution in [0.2, 0.25) is 0 Å². The number of imidazole rings is 1. The van der Waals surface area contributed by atoms with Crippen LogP contribution in [0, 0.1) is 5.92 Å². The Labute approximate surface area is 135 Å². The van der Waals surface area contributed by atoms with E-state index < -0.39 is 0 Å². The summed E-state index contributed by atoms with van der Waals surface area (Å²) in [5.41, 5.74) is 7.18. The molecule has 7 nitrogen and oxygen atoms in total. The van der Waals surface area contributed by atoms with Crippen molar-refractivity contribution in [3.63, 3.8) is 0 Å². The normalized spacial score (nSPS) is 14.0. The van der Waals surface area contributed by atoms with Gasteiger partial charge in [-0.2, -0.15) is 0 Å². The van der Waals surface area contributed by atoms with Crippen LogP contribution in [0.5, 0.6) is 0 Å². The molecule has 124 valence electrons. The average Bonchev–Trinajstić information content (AvgIpc) is 3.00. The summed E-state index contributed by atoms with van der Waals surface area (Å²) in [5.74, 6) is 0.366. The highest BCUT2D eigenvalue weighted by molar-refractivity contribution is 5.93. The Morgan fingerprint density at radius 3 is 2.96 bits per heavy atom. The van der Waals surface area contributed by atoms with E-state index in [1.165, 1.54) is 6.20 Å². The maximum Gasteiger partial charge on any atom is 0.273 e. The lowest BCUT2D eigenvalue weighted by Crippen LogP contribution is -2.23. The molecular formula is C16H23N5O2. The second-order valence-electron chi connectivity index (χ2n) is 5.16. The number of rotatable bonds is 7.